The van der Waals surface area contributed by atoms with Crippen LogP contribution in [-0.4, -0.2) is 23.5 Å². The van der Waals surface area contributed by atoms with Crippen molar-refractivity contribution in [3.63, 3.8) is 0 Å². The van der Waals surface area contributed by atoms with Gasteiger partial charge in [0.15, 0.2) is 5.44 Å². The lowest BCUT2D eigenvalue weighted by Gasteiger charge is -2.05. The molecule has 9 heavy (non-hydrogen) atoms. The third kappa shape index (κ3) is 2.05. The van der Waals surface area contributed by atoms with Crippen molar-refractivity contribution < 1.29 is 9.53 Å². The van der Waals surface area contributed by atoms with E-state index >= 15 is 0 Å². The lowest BCUT2D eigenvalue weighted by molar-refractivity contribution is -0.141. The normalized spacial score (nSPS) is 24.3. The lowest BCUT2D eigenvalue weighted by atomic mass is 10.7. The van der Waals surface area contributed by atoms with Gasteiger partial charge in [0.2, 0.25) is 0 Å². The van der Waals surface area contributed by atoms with Gasteiger partial charge in [-0.2, -0.15) is 0 Å². The van der Waals surface area contributed by atoms with Crippen LogP contribution in [0.25, 0.3) is 0 Å². The Morgan fingerprint density at radius 2 is 2.78 bits per heavy atom. The molecular formula is C5H7NO2S. The summed E-state index contributed by atoms with van der Waals surface area (Å²) < 4.78 is 4.81. The predicted octanol–water partition coefficient (Wildman–Crippen LogP) is 0.651. The Morgan fingerprint density at radius 1 is 2.00 bits per heavy atom. The molecule has 1 unspecified atom stereocenters. The number of carbonyl (C=O) groups is 1. The van der Waals surface area contributed by atoms with Crippen LogP contribution in [0, 0.1) is 0 Å². The molecule has 1 aliphatic heterocycles. The van der Waals surface area contributed by atoms with Crippen molar-refractivity contribution in [2.24, 2.45) is 4.99 Å². The second-order valence-electron chi connectivity index (χ2n) is 1.65. The van der Waals surface area contributed by atoms with E-state index in [0.717, 1.165) is 0 Å². The number of nitrogens with zero attached hydrogens (tertiary/aromatic N) is 1. The van der Waals surface area contributed by atoms with Crippen molar-refractivity contribution in [1.82, 2.24) is 0 Å². The summed E-state index contributed by atoms with van der Waals surface area (Å²) >= 11 is 1.44. The first-order valence-electron chi connectivity index (χ1n) is 2.60. The molecule has 1 rings (SSSR count). The van der Waals surface area contributed by atoms with E-state index in [1.54, 1.807) is 5.55 Å². The van der Waals surface area contributed by atoms with Gasteiger partial charge >= 0.3 is 5.97 Å². The molecule has 0 saturated carbocycles. The quantitative estimate of drug-likeness (QED) is 0.508. The van der Waals surface area contributed by atoms with Gasteiger partial charge in [-0.25, -0.2) is 0 Å². The van der Waals surface area contributed by atoms with Crippen LogP contribution < -0.4 is 0 Å². The Labute approximate surface area is 57.5 Å². The van der Waals surface area contributed by atoms with E-state index < -0.39 is 0 Å². The summed E-state index contributed by atoms with van der Waals surface area (Å²) in [6.07, 6.45) is 0. The van der Waals surface area contributed by atoms with Gasteiger partial charge in [-0.05, 0) is 0 Å². The molecule has 0 fully saturated rings. The summed E-state index contributed by atoms with van der Waals surface area (Å²) in [5.41, 5.74) is 1.63. The van der Waals surface area contributed by atoms with Gasteiger partial charge in [-0.1, -0.05) is 11.8 Å². The first-order valence-corrected chi connectivity index (χ1v) is 3.54. The van der Waals surface area contributed by atoms with Crippen LogP contribution in [0.2, 0.25) is 0 Å². The zero-order valence-electron chi connectivity index (χ0n) is 5.03. The summed E-state index contributed by atoms with van der Waals surface area (Å²) in [6, 6.07) is 0. The average Bonchev–Trinajstić information content (AvgIpc) is 2.15. The molecule has 50 valence electrons. The van der Waals surface area contributed by atoms with E-state index in [1.807, 2.05) is 0 Å². The number of hydrogen-bond acceptors (Lipinski definition) is 4. The number of esters is 1. The molecule has 1 aliphatic rings. The maximum Gasteiger partial charge on any atom is 0.303 e. The van der Waals surface area contributed by atoms with E-state index in [1.165, 1.54) is 18.7 Å². The number of rotatable bonds is 1. The molecule has 0 N–H and O–H groups in total. The van der Waals surface area contributed by atoms with Crippen LogP contribution in [0.5, 0.6) is 0 Å². The van der Waals surface area contributed by atoms with Gasteiger partial charge in [0.25, 0.3) is 0 Å². The molecule has 3 nitrogen and oxygen atoms in total. The fourth-order valence-corrected chi connectivity index (χ4v) is 1.20. The highest BCUT2D eigenvalue weighted by molar-refractivity contribution is 8.12. The second-order valence-corrected chi connectivity index (χ2v) is 2.65. The number of carbonyl (C=O) groups excluding carboxylic acids is 1. The van der Waals surface area contributed by atoms with Crippen molar-refractivity contribution in [1.29, 1.82) is 0 Å². The number of hydrogen-bond donors (Lipinski definition) is 0. The molecule has 0 amide bonds. The summed E-state index contributed by atoms with van der Waals surface area (Å²) in [6.45, 7) is 2.00. The molecule has 1 heterocycles. The summed E-state index contributed by atoms with van der Waals surface area (Å²) in [5, 5.41) is 0. The fraction of sp³-hybridized carbons (Fsp3) is 0.600. The van der Waals surface area contributed by atoms with Gasteiger partial charge in [-0.3, -0.25) is 9.79 Å². The first-order chi connectivity index (χ1) is 4.29. The minimum Gasteiger partial charge on any atom is -0.449 e. The van der Waals surface area contributed by atoms with Gasteiger partial charge in [0.1, 0.15) is 0 Å². The Balaban J connectivity index is 2.22. The van der Waals surface area contributed by atoms with Crippen molar-refractivity contribution in [3.05, 3.63) is 0 Å². The Morgan fingerprint density at radius 3 is 3.22 bits per heavy atom. The summed E-state index contributed by atoms with van der Waals surface area (Å²) in [7, 11) is 0. The molecule has 4 heteroatoms. The van der Waals surface area contributed by atoms with Gasteiger partial charge < -0.3 is 4.74 Å². The monoisotopic (exact) mass is 145 g/mol. The molecule has 0 aromatic carbocycles. The number of thioether (sulfide) groups is 1. The van der Waals surface area contributed by atoms with E-state index in [4.69, 9.17) is 4.74 Å². The largest absolute Gasteiger partial charge is 0.449 e. The van der Waals surface area contributed by atoms with Crippen molar-refractivity contribution in [2.45, 2.75) is 12.4 Å². The average molecular weight is 145 g/mol. The standard InChI is InChI=1S/C5H7NO2S/c1-4(7)8-5-2-6-3-9-5/h3,5H,2H2,1H3. The Hall–Kier alpha value is -0.510. The van der Waals surface area contributed by atoms with Gasteiger partial charge in [0.05, 0.1) is 12.1 Å². The van der Waals surface area contributed by atoms with Crippen molar-refractivity contribution >= 4 is 23.3 Å². The molecule has 0 aromatic heterocycles. The molecule has 0 aromatic rings. The van der Waals surface area contributed by atoms with Crippen LogP contribution in [0.3, 0.4) is 0 Å². The Kier molecular flexibility index (Phi) is 2.10. The molecule has 0 aliphatic carbocycles. The van der Waals surface area contributed by atoms with Crippen LogP contribution in [0.1, 0.15) is 6.92 Å². The Bertz CT molecular complexity index is 138. The van der Waals surface area contributed by atoms with Gasteiger partial charge in [-0.15, -0.1) is 0 Å². The first kappa shape index (κ1) is 6.61. The van der Waals surface area contributed by atoms with Crippen LogP contribution in [0.4, 0.5) is 0 Å². The van der Waals surface area contributed by atoms with Crippen molar-refractivity contribution in [3.8, 4) is 0 Å². The minimum atomic E-state index is -0.238. The molecule has 0 bridgehead atoms. The maximum atomic E-state index is 10.3. The van der Waals surface area contributed by atoms with E-state index in [-0.39, 0.29) is 11.4 Å². The topological polar surface area (TPSA) is 38.7 Å². The van der Waals surface area contributed by atoms with Crippen molar-refractivity contribution in [2.75, 3.05) is 6.54 Å². The van der Waals surface area contributed by atoms with Crippen LogP contribution >= 0.6 is 11.8 Å². The molecular weight excluding hydrogens is 138 g/mol. The lowest BCUT2D eigenvalue weighted by Crippen LogP contribution is -2.12. The zero-order chi connectivity index (χ0) is 6.69. The molecule has 0 spiro atoms. The smallest absolute Gasteiger partial charge is 0.303 e. The molecule has 1 atom stereocenters. The highest BCUT2D eigenvalue weighted by atomic mass is 32.2. The third-order valence-corrected chi connectivity index (χ3v) is 1.66. The highest BCUT2D eigenvalue weighted by Crippen LogP contribution is 2.15. The van der Waals surface area contributed by atoms with Crippen LogP contribution in [-0.2, 0) is 9.53 Å². The van der Waals surface area contributed by atoms with E-state index in [9.17, 15) is 4.79 Å². The highest BCUT2D eigenvalue weighted by Gasteiger charge is 2.13. The second kappa shape index (κ2) is 2.87. The number of ether oxygens (including phenoxy) is 1. The van der Waals surface area contributed by atoms with E-state index in [2.05, 4.69) is 4.99 Å². The summed E-state index contributed by atoms with van der Waals surface area (Å²) in [5.74, 6) is -0.238. The number of aliphatic imine (C=N–C) groups is 1. The third-order valence-electron chi connectivity index (χ3n) is 0.839. The SMILES string of the molecule is CC(=O)OC1CN=CS1. The molecule has 0 radical (unpaired) electrons. The minimum absolute atomic E-state index is 0.0671. The van der Waals surface area contributed by atoms with E-state index in [0.29, 0.717) is 6.54 Å². The fourth-order valence-electron chi connectivity index (χ4n) is 0.533. The maximum absolute atomic E-state index is 10.3. The van der Waals surface area contributed by atoms with Gasteiger partial charge in [0, 0.05) is 6.92 Å². The summed E-state index contributed by atoms with van der Waals surface area (Å²) in [4.78, 5) is 14.2. The molecule has 0 saturated heterocycles. The zero-order valence-corrected chi connectivity index (χ0v) is 5.85. The predicted molar refractivity (Wildman–Crippen MR) is 36.5 cm³/mol. The van der Waals surface area contributed by atoms with Crippen LogP contribution in [0.15, 0.2) is 4.99 Å².